The van der Waals surface area contributed by atoms with Crippen LogP contribution in [0, 0.1) is 13.8 Å². The zero-order chi connectivity index (χ0) is 13.3. The van der Waals surface area contributed by atoms with Crippen LogP contribution in [0.3, 0.4) is 0 Å². The molecule has 94 valence electrons. The van der Waals surface area contributed by atoms with E-state index < -0.39 is 0 Å². The second kappa shape index (κ2) is 4.90. The molecule has 2 heterocycles. The fourth-order valence-electron chi connectivity index (χ4n) is 1.88. The van der Waals surface area contributed by atoms with Gasteiger partial charge in [-0.15, -0.1) is 0 Å². The first kappa shape index (κ1) is 12.8. The number of nitrogens with zero attached hydrogens (tertiary/aromatic N) is 3. The fourth-order valence-corrected chi connectivity index (χ4v) is 2.10. The lowest BCUT2D eigenvalue weighted by Gasteiger charge is -2.05. The van der Waals surface area contributed by atoms with Crippen molar-refractivity contribution >= 4 is 17.4 Å². The Morgan fingerprint density at radius 2 is 2.17 bits per heavy atom. The maximum absolute atomic E-state index is 12.2. The summed E-state index contributed by atoms with van der Waals surface area (Å²) in [6.07, 6.45) is 3.50. The molecule has 0 N–H and O–H groups in total. The molecule has 0 aromatic carbocycles. The summed E-state index contributed by atoms with van der Waals surface area (Å²) in [5, 5.41) is 4.76. The fraction of sp³-hybridized carbons (Fsp3) is 0.308. The van der Waals surface area contributed by atoms with Gasteiger partial charge in [-0.05, 0) is 25.5 Å². The third-order valence-corrected chi connectivity index (χ3v) is 3.42. The Kier molecular flexibility index (Phi) is 3.48. The molecule has 0 fully saturated rings. The molecule has 2 rings (SSSR count). The number of hydrogen-bond acceptors (Lipinski definition) is 3. The molecule has 0 radical (unpaired) electrons. The molecule has 0 saturated carbocycles. The van der Waals surface area contributed by atoms with Crippen molar-refractivity contribution in [2.45, 2.75) is 20.3 Å². The van der Waals surface area contributed by atoms with Crippen LogP contribution in [-0.4, -0.2) is 20.5 Å². The minimum Gasteiger partial charge on any atom is -0.294 e. The molecule has 0 unspecified atom stereocenters. The highest BCUT2D eigenvalue weighted by atomic mass is 35.5. The number of ketones is 1. The van der Waals surface area contributed by atoms with Gasteiger partial charge in [0, 0.05) is 25.0 Å². The average Bonchev–Trinajstić information content (AvgIpc) is 2.56. The van der Waals surface area contributed by atoms with Gasteiger partial charge in [0.15, 0.2) is 5.78 Å². The summed E-state index contributed by atoms with van der Waals surface area (Å²) in [5.74, 6) is 0.00509. The van der Waals surface area contributed by atoms with E-state index >= 15 is 0 Å². The summed E-state index contributed by atoms with van der Waals surface area (Å²) in [4.78, 5) is 16.2. The first-order valence-electron chi connectivity index (χ1n) is 5.62. The van der Waals surface area contributed by atoms with Gasteiger partial charge in [-0.1, -0.05) is 11.6 Å². The Hall–Kier alpha value is -1.68. The Bertz CT molecular complexity index is 604. The SMILES string of the molecule is Cc1ccncc1C(=O)Cc1c(Cl)c(C)nn1C. The summed E-state index contributed by atoms with van der Waals surface area (Å²) in [6, 6.07) is 1.82. The summed E-state index contributed by atoms with van der Waals surface area (Å²) in [5.41, 5.74) is 3.03. The monoisotopic (exact) mass is 263 g/mol. The minimum absolute atomic E-state index is 0.00509. The van der Waals surface area contributed by atoms with Crippen molar-refractivity contribution in [3.63, 3.8) is 0 Å². The van der Waals surface area contributed by atoms with Crippen LogP contribution in [0.25, 0.3) is 0 Å². The van der Waals surface area contributed by atoms with Gasteiger partial charge in [-0.3, -0.25) is 14.5 Å². The van der Waals surface area contributed by atoms with Crippen molar-refractivity contribution in [2.75, 3.05) is 0 Å². The lowest BCUT2D eigenvalue weighted by Crippen LogP contribution is -2.10. The van der Waals surface area contributed by atoms with Crippen molar-refractivity contribution in [3.8, 4) is 0 Å². The van der Waals surface area contributed by atoms with Crippen LogP contribution in [0.1, 0.15) is 27.3 Å². The van der Waals surface area contributed by atoms with Crippen molar-refractivity contribution < 1.29 is 4.79 Å². The molecule has 5 heteroatoms. The van der Waals surface area contributed by atoms with Crippen molar-refractivity contribution in [1.29, 1.82) is 0 Å². The second-order valence-corrected chi connectivity index (χ2v) is 4.64. The van der Waals surface area contributed by atoms with Crippen LogP contribution in [0.2, 0.25) is 5.02 Å². The summed E-state index contributed by atoms with van der Waals surface area (Å²) in [6.45, 7) is 3.72. The van der Waals surface area contributed by atoms with E-state index in [1.165, 1.54) is 0 Å². The number of halogens is 1. The normalized spacial score (nSPS) is 10.7. The van der Waals surface area contributed by atoms with Gasteiger partial charge >= 0.3 is 0 Å². The van der Waals surface area contributed by atoms with Crippen molar-refractivity contribution in [1.82, 2.24) is 14.8 Å². The van der Waals surface area contributed by atoms with Gasteiger partial charge < -0.3 is 0 Å². The van der Waals surface area contributed by atoms with E-state index in [-0.39, 0.29) is 12.2 Å². The summed E-state index contributed by atoms with van der Waals surface area (Å²) in [7, 11) is 1.79. The van der Waals surface area contributed by atoms with Gasteiger partial charge in [0.05, 0.1) is 22.8 Å². The maximum Gasteiger partial charge on any atom is 0.170 e. The molecular weight excluding hydrogens is 250 g/mol. The number of rotatable bonds is 3. The number of aryl methyl sites for hydroxylation is 3. The number of aromatic nitrogens is 3. The molecule has 2 aromatic heterocycles. The molecule has 0 spiro atoms. The lowest BCUT2D eigenvalue weighted by atomic mass is 10.0. The average molecular weight is 264 g/mol. The second-order valence-electron chi connectivity index (χ2n) is 4.26. The van der Waals surface area contributed by atoms with Gasteiger partial charge in [-0.25, -0.2) is 0 Å². The van der Waals surface area contributed by atoms with Gasteiger partial charge in [0.1, 0.15) is 0 Å². The van der Waals surface area contributed by atoms with Gasteiger partial charge in [0.25, 0.3) is 0 Å². The molecule has 0 bridgehead atoms. The number of carbonyl (C=O) groups is 1. The molecule has 0 aliphatic rings. The van der Waals surface area contributed by atoms with Crippen LogP contribution < -0.4 is 0 Å². The van der Waals surface area contributed by atoms with E-state index in [0.29, 0.717) is 10.6 Å². The molecule has 0 aliphatic carbocycles. The molecule has 0 aliphatic heterocycles. The third kappa shape index (κ3) is 2.29. The highest BCUT2D eigenvalue weighted by Gasteiger charge is 2.17. The summed E-state index contributed by atoms with van der Waals surface area (Å²) < 4.78 is 1.65. The zero-order valence-electron chi connectivity index (χ0n) is 10.6. The van der Waals surface area contributed by atoms with E-state index in [1.54, 1.807) is 24.1 Å². The van der Waals surface area contributed by atoms with Crippen molar-refractivity contribution in [3.05, 3.63) is 46.0 Å². The third-order valence-electron chi connectivity index (χ3n) is 2.93. The van der Waals surface area contributed by atoms with Crippen LogP contribution in [0.5, 0.6) is 0 Å². The highest BCUT2D eigenvalue weighted by molar-refractivity contribution is 6.32. The predicted octanol–water partition coefficient (Wildman–Crippen LogP) is 2.51. The van der Waals surface area contributed by atoms with Gasteiger partial charge in [0.2, 0.25) is 0 Å². The summed E-state index contributed by atoms with van der Waals surface area (Å²) >= 11 is 6.13. The molecular formula is C13H14ClN3O. The Morgan fingerprint density at radius 1 is 1.44 bits per heavy atom. The van der Waals surface area contributed by atoms with E-state index in [0.717, 1.165) is 17.0 Å². The topological polar surface area (TPSA) is 47.8 Å². The number of hydrogen-bond donors (Lipinski definition) is 0. The standard InChI is InChI=1S/C13H14ClN3O/c1-8-4-5-15-7-10(8)12(18)6-11-13(14)9(2)16-17(11)3/h4-5,7H,6H2,1-3H3. The molecule has 18 heavy (non-hydrogen) atoms. The molecule has 0 amide bonds. The van der Waals surface area contributed by atoms with E-state index in [2.05, 4.69) is 10.1 Å². The number of carbonyl (C=O) groups excluding carboxylic acids is 1. The molecule has 4 nitrogen and oxygen atoms in total. The van der Waals surface area contributed by atoms with Crippen LogP contribution in [0.4, 0.5) is 0 Å². The highest BCUT2D eigenvalue weighted by Crippen LogP contribution is 2.21. The number of Topliss-reactive ketones (excluding diaryl/α,β-unsaturated/α-hetero) is 1. The van der Waals surface area contributed by atoms with Crippen LogP contribution in [-0.2, 0) is 13.5 Å². The largest absolute Gasteiger partial charge is 0.294 e. The predicted molar refractivity (Wildman–Crippen MR) is 70.0 cm³/mol. The smallest absolute Gasteiger partial charge is 0.170 e. The zero-order valence-corrected chi connectivity index (χ0v) is 11.3. The maximum atomic E-state index is 12.2. The van der Waals surface area contributed by atoms with Gasteiger partial charge in [-0.2, -0.15) is 5.10 Å². The Labute approximate surface area is 111 Å². The Balaban J connectivity index is 2.30. The van der Waals surface area contributed by atoms with E-state index in [9.17, 15) is 4.79 Å². The van der Waals surface area contributed by atoms with E-state index in [1.807, 2.05) is 19.9 Å². The lowest BCUT2D eigenvalue weighted by molar-refractivity contribution is 0.0990. The first-order valence-corrected chi connectivity index (χ1v) is 6.00. The molecule has 2 aromatic rings. The van der Waals surface area contributed by atoms with Crippen molar-refractivity contribution in [2.24, 2.45) is 7.05 Å². The molecule has 0 atom stereocenters. The first-order chi connectivity index (χ1) is 8.50. The Morgan fingerprint density at radius 3 is 2.72 bits per heavy atom. The molecule has 0 saturated heterocycles. The minimum atomic E-state index is 0.00509. The quantitative estimate of drug-likeness (QED) is 0.800. The number of pyridine rings is 1. The van der Waals surface area contributed by atoms with E-state index in [4.69, 9.17) is 11.6 Å². The van der Waals surface area contributed by atoms with Crippen LogP contribution >= 0.6 is 11.6 Å². The van der Waals surface area contributed by atoms with Crippen LogP contribution in [0.15, 0.2) is 18.5 Å².